The molecule has 0 unspecified atom stereocenters. The van der Waals surface area contributed by atoms with E-state index < -0.39 is 28.9 Å². The Labute approximate surface area is 196 Å². The fourth-order valence-electron chi connectivity index (χ4n) is 3.64. The monoisotopic (exact) mass is 462 g/mol. The Hall–Kier alpha value is -3.86. The molecule has 0 aliphatic carbocycles. The minimum absolute atomic E-state index is 0.0556. The Balaban J connectivity index is 1.63. The molecule has 0 radical (unpaired) electrons. The molecule has 0 bridgehead atoms. The van der Waals surface area contributed by atoms with Crippen LogP contribution in [0.5, 0.6) is 5.75 Å². The molecule has 0 saturated heterocycles. The van der Waals surface area contributed by atoms with Crippen molar-refractivity contribution >= 4 is 11.7 Å². The van der Waals surface area contributed by atoms with Gasteiger partial charge in [-0.1, -0.05) is 72.3 Å². The molecule has 0 saturated carbocycles. The van der Waals surface area contributed by atoms with Crippen LogP contribution >= 0.6 is 0 Å². The molecular weight excluding hydrogens is 440 g/mol. The van der Waals surface area contributed by atoms with Gasteiger partial charge in [0.05, 0.1) is 12.2 Å². The maximum absolute atomic E-state index is 14.9. The Morgan fingerprint density at radius 1 is 0.647 bits per heavy atom. The van der Waals surface area contributed by atoms with E-state index in [0.29, 0.717) is 17.9 Å². The Morgan fingerprint density at radius 3 is 1.79 bits per heavy atom. The third kappa shape index (κ3) is 4.74. The molecule has 0 spiro atoms. The highest BCUT2D eigenvalue weighted by molar-refractivity contribution is 5.84. The molecule has 4 aromatic carbocycles. The van der Waals surface area contributed by atoms with E-state index in [1.807, 2.05) is 38.1 Å². The number of benzene rings is 4. The van der Waals surface area contributed by atoms with Gasteiger partial charge in [0, 0.05) is 11.1 Å². The van der Waals surface area contributed by atoms with Crippen LogP contribution in [0.1, 0.15) is 23.6 Å². The van der Waals surface area contributed by atoms with Crippen molar-refractivity contribution in [2.75, 3.05) is 6.61 Å². The van der Waals surface area contributed by atoms with Gasteiger partial charge < -0.3 is 4.74 Å². The summed E-state index contributed by atoms with van der Waals surface area (Å²) in [4.78, 5) is 0. The summed E-state index contributed by atoms with van der Waals surface area (Å²) in [6.45, 7) is 4.28. The van der Waals surface area contributed by atoms with Crippen LogP contribution in [0.25, 0.3) is 33.9 Å². The van der Waals surface area contributed by atoms with Crippen molar-refractivity contribution in [2.45, 2.75) is 13.8 Å². The second kappa shape index (κ2) is 9.96. The van der Waals surface area contributed by atoms with Gasteiger partial charge in [0.1, 0.15) is 5.75 Å². The number of ether oxygens (including phenoxy) is 1. The highest BCUT2D eigenvalue weighted by Crippen LogP contribution is 2.35. The second-order valence-electron chi connectivity index (χ2n) is 7.82. The van der Waals surface area contributed by atoms with Gasteiger partial charge in [0.25, 0.3) is 0 Å². The molecule has 0 aliphatic rings. The van der Waals surface area contributed by atoms with Gasteiger partial charge in [-0.2, -0.15) is 0 Å². The summed E-state index contributed by atoms with van der Waals surface area (Å²) in [5.74, 6) is -4.83. The Morgan fingerprint density at radius 2 is 1.21 bits per heavy atom. The van der Waals surface area contributed by atoms with Gasteiger partial charge in [0.15, 0.2) is 23.3 Å². The van der Waals surface area contributed by atoms with E-state index in [9.17, 15) is 17.6 Å². The van der Waals surface area contributed by atoms with E-state index in [4.69, 9.17) is 4.74 Å². The van der Waals surface area contributed by atoms with Crippen molar-refractivity contribution in [3.63, 3.8) is 0 Å². The van der Waals surface area contributed by atoms with Gasteiger partial charge in [-0.05, 0) is 48.7 Å². The maximum Gasteiger partial charge on any atom is 0.169 e. The van der Waals surface area contributed by atoms with Crippen LogP contribution in [0.3, 0.4) is 0 Å². The lowest BCUT2D eigenvalue weighted by Crippen LogP contribution is -1.97. The smallest absolute Gasteiger partial charge is 0.169 e. The van der Waals surface area contributed by atoms with Gasteiger partial charge in [-0.3, -0.25) is 0 Å². The SMILES string of the molecule is CCOc1ccc(-c2ccc(/C(F)=C(\F)c3ccc(-c4ccc(C)cc4)cc3)c(F)c2F)cc1. The molecule has 0 amide bonds. The van der Waals surface area contributed by atoms with E-state index in [-0.39, 0.29) is 11.1 Å². The Kier molecular flexibility index (Phi) is 6.82. The molecular formula is C29H22F4O. The highest BCUT2D eigenvalue weighted by Gasteiger charge is 2.21. The first-order chi connectivity index (χ1) is 16.4. The van der Waals surface area contributed by atoms with E-state index in [0.717, 1.165) is 22.8 Å². The van der Waals surface area contributed by atoms with E-state index in [2.05, 4.69) is 0 Å². The first-order valence-corrected chi connectivity index (χ1v) is 10.8. The highest BCUT2D eigenvalue weighted by atomic mass is 19.2. The standard InChI is InChI=1S/C29H22F4O/c1-3-34-23-14-12-21(13-15-23)24-16-17-25(29(33)27(24)31)28(32)26(30)22-10-8-20(9-11-22)19-6-4-18(2)5-7-19/h4-17H,3H2,1-2H3/b28-26+. The zero-order chi connectivity index (χ0) is 24.2. The topological polar surface area (TPSA) is 9.23 Å². The van der Waals surface area contributed by atoms with Crippen molar-refractivity contribution < 1.29 is 22.3 Å². The molecule has 1 nitrogen and oxygen atoms in total. The van der Waals surface area contributed by atoms with Crippen LogP contribution in [0.4, 0.5) is 17.6 Å². The summed E-state index contributed by atoms with van der Waals surface area (Å²) >= 11 is 0. The number of halogens is 4. The van der Waals surface area contributed by atoms with E-state index in [1.54, 1.807) is 36.4 Å². The van der Waals surface area contributed by atoms with Crippen LogP contribution in [-0.2, 0) is 0 Å². The third-order valence-electron chi connectivity index (χ3n) is 5.51. The van der Waals surface area contributed by atoms with Crippen molar-refractivity contribution in [1.29, 1.82) is 0 Å². The summed E-state index contributed by atoms with van der Waals surface area (Å²) in [6, 6.07) is 22.6. The molecule has 0 fully saturated rings. The predicted molar refractivity (Wildman–Crippen MR) is 129 cm³/mol. The minimum atomic E-state index is -1.46. The lowest BCUT2D eigenvalue weighted by Gasteiger charge is -2.10. The lowest BCUT2D eigenvalue weighted by molar-refractivity contribution is 0.340. The summed E-state index contributed by atoms with van der Waals surface area (Å²) < 4.78 is 64.6. The summed E-state index contributed by atoms with van der Waals surface area (Å²) in [6.07, 6.45) is 0. The Bertz CT molecular complexity index is 1320. The molecule has 34 heavy (non-hydrogen) atoms. The molecule has 172 valence electrons. The minimum Gasteiger partial charge on any atom is -0.494 e. The molecule has 5 heteroatoms. The summed E-state index contributed by atoms with van der Waals surface area (Å²) in [5.41, 5.74) is 2.37. The molecule has 4 rings (SSSR count). The fourth-order valence-corrected chi connectivity index (χ4v) is 3.64. The van der Waals surface area contributed by atoms with Crippen LogP contribution in [-0.4, -0.2) is 6.61 Å². The van der Waals surface area contributed by atoms with Crippen LogP contribution in [0, 0.1) is 18.6 Å². The van der Waals surface area contributed by atoms with Gasteiger partial charge in [0.2, 0.25) is 0 Å². The van der Waals surface area contributed by atoms with Gasteiger partial charge in [-0.25, -0.2) is 17.6 Å². The van der Waals surface area contributed by atoms with Gasteiger partial charge >= 0.3 is 0 Å². The quantitative estimate of drug-likeness (QED) is 0.206. The molecule has 0 heterocycles. The zero-order valence-corrected chi connectivity index (χ0v) is 18.7. The number of rotatable bonds is 6. The second-order valence-corrected chi connectivity index (χ2v) is 7.82. The van der Waals surface area contributed by atoms with Crippen LogP contribution in [0.15, 0.2) is 84.9 Å². The third-order valence-corrected chi connectivity index (χ3v) is 5.51. The number of aryl methyl sites for hydroxylation is 1. The fraction of sp³-hybridized carbons (Fsp3) is 0.103. The number of hydrogen-bond donors (Lipinski definition) is 0. The lowest BCUT2D eigenvalue weighted by atomic mass is 10.00. The van der Waals surface area contributed by atoms with Crippen molar-refractivity contribution in [2.24, 2.45) is 0 Å². The van der Waals surface area contributed by atoms with Crippen molar-refractivity contribution in [3.8, 4) is 28.0 Å². The molecule has 0 aromatic heterocycles. The molecule has 4 aromatic rings. The molecule has 0 aliphatic heterocycles. The first kappa shape index (κ1) is 23.3. The average Bonchev–Trinajstić information content (AvgIpc) is 2.86. The summed E-state index contributed by atoms with van der Waals surface area (Å²) in [7, 11) is 0. The largest absolute Gasteiger partial charge is 0.494 e. The zero-order valence-electron chi connectivity index (χ0n) is 18.7. The molecule has 0 N–H and O–H groups in total. The number of hydrogen-bond acceptors (Lipinski definition) is 1. The van der Waals surface area contributed by atoms with Crippen molar-refractivity contribution in [1.82, 2.24) is 0 Å². The average molecular weight is 462 g/mol. The first-order valence-electron chi connectivity index (χ1n) is 10.8. The maximum atomic E-state index is 14.9. The summed E-state index contributed by atoms with van der Waals surface area (Å²) in [5, 5.41) is 0. The van der Waals surface area contributed by atoms with E-state index >= 15 is 0 Å². The van der Waals surface area contributed by atoms with E-state index in [1.165, 1.54) is 18.2 Å². The van der Waals surface area contributed by atoms with Crippen molar-refractivity contribution in [3.05, 3.63) is 113 Å². The molecule has 0 atom stereocenters. The van der Waals surface area contributed by atoms with Gasteiger partial charge in [-0.15, -0.1) is 0 Å². The van der Waals surface area contributed by atoms with Crippen LogP contribution in [0.2, 0.25) is 0 Å². The predicted octanol–water partition coefficient (Wildman–Crippen LogP) is 8.77. The normalized spacial score (nSPS) is 11.8. The van der Waals surface area contributed by atoms with Crippen LogP contribution < -0.4 is 4.74 Å².